The quantitative estimate of drug-likeness (QED) is 0.347. The van der Waals surface area contributed by atoms with Gasteiger partial charge in [-0.25, -0.2) is 23.7 Å². The van der Waals surface area contributed by atoms with E-state index in [4.69, 9.17) is 4.74 Å². The maximum atomic E-state index is 14.9. The van der Waals surface area contributed by atoms with Crippen molar-refractivity contribution in [1.29, 1.82) is 0 Å². The van der Waals surface area contributed by atoms with Crippen molar-refractivity contribution in [2.45, 2.75) is 45.0 Å². The van der Waals surface area contributed by atoms with Crippen molar-refractivity contribution in [2.75, 3.05) is 0 Å². The van der Waals surface area contributed by atoms with Crippen LogP contribution < -0.4 is 4.74 Å². The molecule has 1 aliphatic heterocycles. The van der Waals surface area contributed by atoms with Gasteiger partial charge >= 0.3 is 6.61 Å². The summed E-state index contributed by atoms with van der Waals surface area (Å²) in [5.74, 6) is 0.346. The maximum absolute atomic E-state index is 14.9. The van der Waals surface area contributed by atoms with Crippen molar-refractivity contribution >= 4 is 11.0 Å². The molecule has 0 N–H and O–H groups in total. The fraction of sp³-hybridized carbons (Fsp3) is 0.292. The summed E-state index contributed by atoms with van der Waals surface area (Å²) < 4.78 is 61.6. The first kappa shape index (κ1) is 21.4. The number of aromatic nitrogens is 4. The second-order valence-electron chi connectivity index (χ2n) is 8.46. The molecule has 0 spiro atoms. The number of aryl methyl sites for hydroxylation is 1. The fourth-order valence-electron chi connectivity index (χ4n) is 4.33. The third-order valence-corrected chi connectivity index (χ3v) is 5.79. The van der Waals surface area contributed by atoms with E-state index in [-0.39, 0.29) is 23.2 Å². The van der Waals surface area contributed by atoms with Crippen LogP contribution in [0.1, 0.15) is 43.5 Å². The van der Waals surface area contributed by atoms with Crippen LogP contribution in [0.3, 0.4) is 0 Å². The number of ether oxygens (including phenoxy) is 1. The Morgan fingerprint density at radius 2 is 1.85 bits per heavy atom. The number of hydrogen-bond donors (Lipinski definition) is 0. The molecule has 1 aliphatic rings. The lowest BCUT2D eigenvalue weighted by Crippen LogP contribution is -2.13. The predicted molar refractivity (Wildman–Crippen MR) is 114 cm³/mol. The van der Waals surface area contributed by atoms with Gasteiger partial charge in [-0.15, -0.1) is 0 Å². The number of benzene rings is 2. The lowest BCUT2D eigenvalue weighted by Gasteiger charge is -2.19. The maximum Gasteiger partial charge on any atom is 0.387 e. The molecule has 0 saturated heterocycles. The molecule has 5 nitrogen and oxygen atoms in total. The molecule has 33 heavy (non-hydrogen) atoms. The Hall–Kier alpha value is -3.49. The lowest BCUT2D eigenvalue weighted by molar-refractivity contribution is -0.0506. The number of rotatable bonds is 5. The molecule has 1 unspecified atom stereocenters. The molecule has 0 bridgehead atoms. The van der Waals surface area contributed by atoms with Crippen LogP contribution in [0.25, 0.3) is 22.2 Å². The predicted octanol–water partition coefficient (Wildman–Crippen LogP) is 5.97. The summed E-state index contributed by atoms with van der Waals surface area (Å²) in [4.78, 5) is 12.6. The molecule has 0 radical (unpaired) electrons. The summed E-state index contributed by atoms with van der Waals surface area (Å²) in [5.41, 5.74) is 0.662. The van der Waals surface area contributed by atoms with Crippen LogP contribution in [-0.4, -0.2) is 26.1 Å². The Bertz CT molecular complexity index is 1330. The highest BCUT2D eigenvalue weighted by atomic mass is 19.3. The molecule has 0 amide bonds. The summed E-state index contributed by atoms with van der Waals surface area (Å²) >= 11 is 0. The van der Waals surface area contributed by atoms with Crippen molar-refractivity contribution < 1.29 is 22.3 Å². The number of fused-ring (bicyclic) bond motifs is 3. The minimum Gasteiger partial charge on any atom is -0.434 e. The monoisotopic (exact) mass is 456 g/mol. The highest BCUT2D eigenvalue weighted by Crippen LogP contribution is 2.40. The topological polar surface area (TPSA) is 52.8 Å². The molecule has 9 heteroatoms. The molecule has 4 aromatic rings. The smallest absolute Gasteiger partial charge is 0.387 e. The van der Waals surface area contributed by atoms with Crippen LogP contribution in [0.4, 0.5) is 17.6 Å². The SMILES string of the molecule is CC(C)(F)c1ncc(-c2cc3c(cc2F)nc2n3C(c3ccccc3OC(F)F)CC2)cn1. The van der Waals surface area contributed by atoms with Gasteiger partial charge in [-0.1, -0.05) is 18.2 Å². The zero-order valence-corrected chi connectivity index (χ0v) is 17.9. The molecular formula is C24H20F4N4O. The van der Waals surface area contributed by atoms with Crippen LogP contribution in [0.5, 0.6) is 5.75 Å². The van der Waals surface area contributed by atoms with E-state index >= 15 is 0 Å². The highest BCUT2D eigenvalue weighted by molar-refractivity contribution is 5.83. The molecule has 1 atom stereocenters. The van der Waals surface area contributed by atoms with Crippen LogP contribution >= 0.6 is 0 Å². The number of hydrogen-bond acceptors (Lipinski definition) is 4. The number of nitrogens with zero attached hydrogens (tertiary/aromatic N) is 4. The van der Waals surface area contributed by atoms with E-state index in [2.05, 4.69) is 15.0 Å². The van der Waals surface area contributed by atoms with E-state index in [1.54, 1.807) is 24.3 Å². The summed E-state index contributed by atoms with van der Waals surface area (Å²) in [6, 6.07) is 9.36. The van der Waals surface area contributed by atoms with Gasteiger partial charge in [0.05, 0.1) is 17.1 Å². The molecule has 170 valence electrons. The molecule has 0 saturated carbocycles. The van der Waals surface area contributed by atoms with E-state index < -0.39 is 18.1 Å². The Kier molecular flexibility index (Phi) is 5.07. The van der Waals surface area contributed by atoms with Gasteiger partial charge < -0.3 is 9.30 Å². The van der Waals surface area contributed by atoms with E-state index in [0.717, 1.165) is 5.82 Å². The number of para-hydroxylation sites is 1. The average Bonchev–Trinajstić information content (AvgIpc) is 3.31. The van der Waals surface area contributed by atoms with Gasteiger partial charge in [0.2, 0.25) is 0 Å². The first-order chi connectivity index (χ1) is 15.7. The summed E-state index contributed by atoms with van der Waals surface area (Å²) in [6.07, 6.45) is 4.04. The normalized spacial score (nSPS) is 15.9. The summed E-state index contributed by atoms with van der Waals surface area (Å²) in [5, 5.41) is 0. The first-order valence-corrected chi connectivity index (χ1v) is 10.5. The molecule has 0 aliphatic carbocycles. The molecule has 0 fully saturated rings. The highest BCUT2D eigenvalue weighted by Gasteiger charge is 2.30. The molecule has 2 aromatic carbocycles. The minimum absolute atomic E-state index is 0.00804. The Morgan fingerprint density at radius 1 is 1.12 bits per heavy atom. The van der Waals surface area contributed by atoms with Gasteiger partial charge in [0, 0.05) is 41.6 Å². The largest absolute Gasteiger partial charge is 0.434 e. The Balaban J connectivity index is 1.61. The van der Waals surface area contributed by atoms with E-state index in [9.17, 15) is 17.6 Å². The van der Waals surface area contributed by atoms with Gasteiger partial charge in [0.1, 0.15) is 17.4 Å². The second kappa shape index (κ2) is 7.83. The number of imidazole rings is 1. The second-order valence-corrected chi connectivity index (χ2v) is 8.46. The fourth-order valence-corrected chi connectivity index (χ4v) is 4.33. The van der Waals surface area contributed by atoms with Crippen molar-refractivity contribution in [3.63, 3.8) is 0 Å². The summed E-state index contributed by atoms with van der Waals surface area (Å²) in [6.45, 7) is -0.246. The van der Waals surface area contributed by atoms with Crippen molar-refractivity contribution in [2.24, 2.45) is 0 Å². The number of halogens is 4. The van der Waals surface area contributed by atoms with Crippen LogP contribution in [0, 0.1) is 5.82 Å². The van der Waals surface area contributed by atoms with Gasteiger partial charge in [0.25, 0.3) is 0 Å². The van der Waals surface area contributed by atoms with Gasteiger partial charge in [0.15, 0.2) is 11.5 Å². The van der Waals surface area contributed by atoms with Gasteiger partial charge in [-0.2, -0.15) is 8.78 Å². The van der Waals surface area contributed by atoms with Gasteiger partial charge in [-0.05, 0) is 32.4 Å². The lowest BCUT2D eigenvalue weighted by atomic mass is 10.0. The molecule has 2 aromatic heterocycles. The van der Waals surface area contributed by atoms with Crippen LogP contribution in [0.15, 0.2) is 48.8 Å². The zero-order valence-electron chi connectivity index (χ0n) is 17.9. The van der Waals surface area contributed by atoms with E-state index in [0.29, 0.717) is 35.0 Å². The minimum atomic E-state index is -2.94. The summed E-state index contributed by atoms with van der Waals surface area (Å²) in [7, 11) is 0. The van der Waals surface area contributed by atoms with Crippen molar-refractivity contribution in [3.8, 4) is 16.9 Å². The Morgan fingerprint density at radius 3 is 2.55 bits per heavy atom. The van der Waals surface area contributed by atoms with Crippen LogP contribution in [0.2, 0.25) is 0 Å². The van der Waals surface area contributed by atoms with E-state index in [1.165, 1.54) is 38.4 Å². The van der Waals surface area contributed by atoms with Crippen molar-refractivity contribution in [3.05, 3.63) is 71.8 Å². The standard InChI is InChI=1S/C24H20F4N4O/c1-24(2,28)22-29-11-13(12-30-22)15-9-19-17(10-16(15)25)31-21-8-7-18(32(19)21)14-5-3-4-6-20(14)33-23(26)27/h3-6,9-12,18,23H,7-8H2,1-2H3. The third kappa shape index (κ3) is 3.81. The first-order valence-electron chi connectivity index (χ1n) is 10.5. The van der Waals surface area contributed by atoms with E-state index in [1.807, 2.05) is 4.57 Å². The molecule has 5 rings (SSSR count). The zero-order chi connectivity index (χ0) is 23.3. The Labute approximate surface area is 187 Å². The molecule has 3 heterocycles. The van der Waals surface area contributed by atoms with Crippen LogP contribution in [-0.2, 0) is 12.1 Å². The molecular weight excluding hydrogens is 436 g/mol. The van der Waals surface area contributed by atoms with Gasteiger partial charge in [-0.3, -0.25) is 0 Å². The number of alkyl halides is 3. The average molecular weight is 456 g/mol. The third-order valence-electron chi connectivity index (χ3n) is 5.79. The van der Waals surface area contributed by atoms with Crippen molar-refractivity contribution in [1.82, 2.24) is 19.5 Å².